The van der Waals surface area contributed by atoms with Gasteiger partial charge < -0.3 is 18.0 Å². The first-order valence-electron chi connectivity index (χ1n) is 44.0. The summed E-state index contributed by atoms with van der Waals surface area (Å²) in [5.41, 5.74) is 18.4. The molecule has 0 N–H and O–H groups in total. The summed E-state index contributed by atoms with van der Waals surface area (Å²) in [4.78, 5) is 19.6. The van der Waals surface area contributed by atoms with Crippen LogP contribution < -0.4 is 41.5 Å². The summed E-state index contributed by atoms with van der Waals surface area (Å²) in [5.74, 6) is 0. The van der Waals surface area contributed by atoms with E-state index in [1.165, 1.54) is 92.6 Å². The monoisotopic (exact) mass is 1730 g/mol. The minimum Gasteiger partial charge on any atom is -0.456 e. The van der Waals surface area contributed by atoms with Gasteiger partial charge in [-0.25, -0.2) is 9.97 Å². The fourth-order valence-electron chi connectivity index (χ4n) is 21.8. The third kappa shape index (κ3) is 10.7. The Kier molecular flexibility index (Phi) is 16.6. The SMILES string of the molecule is c1ccc([Si](c2ccccc2)(c2cccc3c2oc2c(-n4c5ccccc5c5ncccc54)cccc23)c2cccc3c2sc2c(-n4c5ccccc5c5ncccc54)cccc23)cc1.c1ccc([Si](c2ccccc2)(c2cccc3c2oc2ccc(-n4c5ccccc5c5cccnc54)cc23)c2cccc3c2sc2ccc(-n4c5ccccc5c5cccnc54)cc23)cc1. The molecule has 0 aliphatic heterocycles. The minimum atomic E-state index is -3.21. The number of benzene rings is 16. The lowest BCUT2D eigenvalue weighted by Gasteiger charge is -2.34. The minimum absolute atomic E-state index is 0.857. The third-order valence-electron chi connectivity index (χ3n) is 27.1. The Balaban J connectivity index is 0.000000134. The number of rotatable bonds is 12. The molecule has 0 unspecified atom stereocenters. The van der Waals surface area contributed by atoms with Crippen molar-refractivity contribution in [3.63, 3.8) is 0 Å². The number of furan rings is 2. The maximum absolute atomic E-state index is 7.52. The molecule has 12 heterocycles. The molecule has 0 amide bonds. The van der Waals surface area contributed by atoms with E-state index < -0.39 is 16.1 Å². The second-order valence-electron chi connectivity index (χ2n) is 33.7. The van der Waals surface area contributed by atoms with Crippen molar-refractivity contribution in [2.75, 3.05) is 0 Å². The van der Waals surface area contributed by atoms with Gasteiger partial charge >= 0.3 is 0 Å². The Bertz CT molecular complexity index is 8740. The second-order valence-corrected chi connectivity index (χ2v) is 43.2. The number of pyridine rings is 4. The second kappa shape index (κ2) is 29.2. The van der Waals surface area contributed by atoms with Crippen LogP contribution in [0.4, 0.5) is 0 Å². The lowest BCUT2D eigenvalue weighted by molar-refractivity contribution is 0.668. The molecule has 0 spiro atoms. The fraction of sp³-hybridized carbons (Fsp3) is 0. The van der Waals surface area contributed by atoms with E-state index in [0.29, 0.717) is 0 Å². The van der Waals surface area contributed by atoms with Gasteiger partial charge in [0.2, 0.25) is 0 Å². The molecule has 0 bridgehead atoms. The maximum atomic E-state index is 7.52. The Morgan fingerprint density at radius 1 is 0.215 bits per heavy atom. The Morgan fingerprint density at radius 2 is 0.569 bits per heavy atom. The summed E-state index contributed by atoms with van der Waals surface area (Å²) in [7, 11) is -6.36. The molecular weight excluding hydrogens is 1660 g/mol. The molecule has 0 saturated carbocycles. The van der Waals surface area contributed by atoms with Crippen LogP contribution in [0.5, 0.6) is 0 Å². The molecule has 608 valence electrons. The van der Waals surface area contributed by atoms with E-state index in [4.69, 9.17) is 28.8 Å². The molecule has 0 fully saturated rings. The molecule has 12 aromatic heterocycles. The fourth-order valence-corrected chi connectivity index (χ4v) is 35.3. The number of aromatic nitrogens is 8. The van der Waals surface area contributed by atoms with E-state index in [0.717, 1.165) is 144 Å². The van der Waals surface area contributed by atoms with Crippen LogP contribution in [-0.4, -0.2) is 54.4 Å². The van der Waals surface area contributed by atoms with E-state index >= 15 is 0 Å². The topological polar surface area (TPSA) is 97.6 Å². The first kappa shape index (κ1) is 74.1. The zero-order valence-electron chi connectivity index (χ0n) is 69.8. The normalized spacial score (nSPS) is 12.3. The Labute approximate surface area is 753 Å². The van der Waals surface area contributed by atoms with Crippen LogP contribution in [0.2, 0.25) is 0 Å². The molecular formula is C116H72N8O2S2Si2. The number of para-hydroxylation sites is 7. The molecule has 130 heavy (non-hydrogen) atoms. The zero-order valence-corrected chi connectivity index (χ0v) is 73.4. The van der Waals surface area contributed by atoms with Crippen molar-refractivity contribution < 1.29 is 8.83 Å². The van der Waals surface area contributed by atoms with Crippen LogP contribution in [0.15, 0.2) is 446 Å². The number of thiophene rings is 2. The summed E-state index contributed by atoms with van der Waals surface area (Å²) >= 11 is 3.80. The quantitative estimate of drug-likeness (QED) is 0.0893. The summed E-state index contributed by atoms with van der Waals surface area (Å²) in [6, 6.07) is 151. The molecule has 16 aromatic carbocycles. The average molecular weight is 1730 g/mol. The molecule has 0 aliphatic carbocycles. The molecule has 14 heteroatoms. The molecule has 28 aromatic rings. The van der Waals surface area contributed by atoms with Crippen LogP contribution in [-0.2, 0) is 0 Å². The predicted molar refractivity (Wildman–Crippen MR) is 549 cm³/mol. The highest BCUT2D eigenvalue weighted by molar-refractivity contribution is 7.32. The van der Waals surface area contributed by atoms with Gasteiger partial charge in [0.1, 0.15) is 28.0 Å². The van der Waals surface area contributed by atoms with Gasteiger partial charge in [0, 0.05) is 126 Å². The smallest absolute Gasteiger partial charge is 0.185 e. The van der Waals surface area contributed by atoms with Crippen molar-refractivity contribution in [1.82, 2.24) is 38.2 Å². The van der Waals surface area contributed by atoms with Crippen LogP contribution >= 0.6 is 22.7 Å². The molecule has 0 aliphatic rings. The van der Waals surface area contributed by atoms with Gasteiger partial charge in [-0.3, -0.25) is 19.1 Å². The van der Waals surface area contributed by atoms with Crippen LogP contribution in [0.3, 0.4) is 0 Å². The van der Waals surface area contributed by atoms with Crippen molar-refractivity contribution in [3.05, 3.63) is 437 Å². The summed E-state index contributed by atoms with van der Waals surface area (Å²) in [6.45, 7) is 0. The van der Waals surface area contributed by atoms with E-state index in [1.807, 2.05) is 71.7 Å². The molecule has 0 saturated heterocycles. The maximum Gasteiger partial charge on any atom is 0.185 e. The standard InChI is InChI=1S/2C58H36N4OSSi/c1-3-17-37(18-4-1)65(38-19-5-2-6-20-38,51-33-13-24-40-39-23-11-29-49(55(39)63-56(40)51)61-45-27-9-7-21-43(45)53-47(61)31-15-35-59-53)52-34-14-26-42-41-25-12-30-50(57(41)64-58(42)52)62-46-28-10-8-22-44(46)54-48(62)32-16-36-60-54;1-3-15-39(16-4-1)65(40-17-5-2-6-18-40,53-27-11-21-43-47-35-37(29-31-51(47)63-55(43)53)61-49-25-9-7-19-41(49)45-23-13-33-59-57(45)61)54-28-12-22-44-48-36-38(30-32-52(48)64-56(44)54)62-50-26-10-8-20-42(50)46-24-14-34-60-58(46)62/h2*1-36H. The average Bonchev–Trinajstić information content (AvgIpc) is 1.45. The predicted octanol–water partition coefficient (Wildman–Crippen LogP) is 24.6. The van der Waals surface area contributed by atoms with Crippen molar-refractivity contribution in [1.29, 1.82) is 0 Å². The van der Waals surface area contributed by atoms with Crippen LogP contribution in [0.1, 0.15) is 0 Å². The summed E-state index contributed by atoms with van der Waals surface area (Å²) < 4.78 is 29.1. The highest BCUT2D eigenvalue weighted by Gasteiger charge is 2.47. The third-order valence-corrected chi connectivity index (χ3v) is 39.6. The van der Waals surface area contributed by atoms with Gasteiger partial charge in [-0.2, -0.15) is 0 Å². The first-order valence-corrected chi connectivity index (χ1v) is 49.6. The van der Waals surface area contributed by atoms with Crippen LogP contribution in [0.25, 0.3) is 195 Å². The largest absolute Gasteiger partial charge is 0.456 e. The molecule has 10 nitrogen and oxygen atoms in total. The van der Waals surface area contributed by atoms with E-state index in [9.17, 15) is 0 Å². The first-order chi connectivity index (χ1) is 64.5. The molecule has 28 rings (SSSR count). The number of fused-ring (bicyclic) bond motifs is 24. The van der Waals surface area contributed by atoms with Crippen molar-refractivity contribution in [2.45, 2.75) is 0 Å². The summed E-state index contributed by atoms with van der Waals surface area (Å²) in [6.07, 6.45) is 7.55. The van der Waals surface area contributed by atoms with Gasteiger partial charge in [-0.15, -0.1) is 22.7 Å². The highest BCUT2D eigenvalue weighted by Crippen LogP contribution is 2.45. The number of hydrogen-bond acceptors (Lipinski definition) is 8. The van der Waals surface area contributed by atoms with Crippen LogP contribution in [0, 0.1) is 0 Å². The Hall–Kier alpha value is -16.2. The zero-order chi connectivity index (χ0) is 85.3. The van der Waals surface area contributed by atoms with Gasteiger partial charge in [-0.05, 0) is 163 Å². The van der Waals surface area contributed by atoms with Gasteiger partial charge in [0.05, 0.1) is 60.2 Å². The molecule has 0 radical (unpaired) electrons. The Morgan fingerprint density at radius 3 is 1.09 bits per heavy atom. The van der Waals surface area contributed by atoms with E-state index in [2.05, 4.69) is 407 Å². The number of hydrogen-bond donors (Lipinski definition) is 0. The highest BCUT2D eigenvalue weighted by atomic mass is 32.1. The van der Waals surface area contributed by atoms with Gasteiger partial charge in [0.25, 0.3) is 0 Å². The lowest BCUT2D eigenvalue weighted by atomic mass is 10.1. The van der Waals surface area contributed by atoms with Gasteiger partial charge in [0.15, 0.2) is 21.7 Å². The summed E-state index contributed by atoms with van der Waals surface area (Å²) in [5, 5.41) is 26.7. The lowest BCUT2D eigenvalue weighted by Crippen LogP contribution is -2.75. The van der Waals surface area contributed by atoms with E-state index in [1.54, 1.807) is 0 Å². The molecule has 0 atom stereocenters. The number of nitrogens with zero attached hydrogens (tertiary/aromatic N) is 8. The van der Waals surface area contributed by atoms with Gasteiger partial charge in [-0.1, -0.05) is 291 Å². The van der Waals surface area contributed by atoms with Crippen molar-refractivity contribution in [3.8, 4) is 22.7 Å². The van der Waals surface area contributed by atoms with E-state index in [-0.39, 0.29) is 0 Å². The van der Waals surface area contributed by atoms with Crippen molar-refractivity contribution in [2.24, 2.45) is 0 Å². The van der Waals surface area contributed by atoms with Crippen molar-refractivity contribution >= 4 is 252 Å².